The zero-order chi connectivity index (χ0) is 41.1. The highest BCUT2D eigenvalue weighted by atomic mass is 16.5. The van der Waals surface area contributed by atoms with E-state index in [1.165, 1.54) is 128 Å². The lowest BCUT2D eigenvalue weighted by atomic mass is 9.96. The molecule has 56 heavy (non-hydrogen) atoms. The number of unbranched alkanes of at least 4 members (excludes halogenated alkanes) is 23. The lowest BCUT2D eigenvalue weighted by Crippen LogP contribution is -2.15. The van der Waals surface area contributed by atoms with Gasteiger partial charge in [0.05, 0.1) is 35.5 Å². The Labute approximate surface area is 339 Å². The molecule has 2 N–H and O–H groups in total. The number of carbonyl (C=O) groups excluding carboxylic acids is 2. The van der Waals surface area contributed by atoms with Gasteiger partial charge >= 0.3 is 23.9 Å². The maximum absolute atomic E-state index is 12.3. The van der Waals surface area contributed by atoms with Crippen molar-refractivity contribution in [2.45, 2.75) is 194 Å². The number of carboxylic acid groups (broad SMARTS) is 2. The number of hydrogen-bond donors (Lipinski definition) is 2. The van der Waals surface area contributed by atoms with Gasteiger partial charge in [-0.25, -0.2) is 19.2 Å². The largest absolute Gasteiger partial charge is 0.478 e. The van der Waals surface area contributed by atoms with Crippen molar-refractivity contribution < 1.29 is 38.9 Å². The summed E-state index contributed by atoms with van der Waals surface area (Å²) in [5, 5.41) is 18.5. The first kappa shape index (κ1) is 50.3. The van der Waals surface area contributed by atoms with Crippen molar-refractivity contribution in [3.05, 3.63) is 70.3 Å². The fraction of sp³-hybridized carbons (Fsp3) is 0.667. The lowest BCUT2D eigenvalue weighted by molar-refractivity contribution is 0.0451. The highest BCUT2D eigenvalue weighted by molar-refractivity contribution is 6.03. The van der Waals surface area contributed by atoms with Crippen molar-refractivity contribution in [3.8, 4) is 0 Å². The third-order valence-electron chi connectivity index (χ3n) is 10.2. The first-order valence-corrected chi connectivity index (χ1v) is 22.3. The Morgan fingerprint density at radius 3 is 1.16 bits per heavy atom. The molecular weight excluding hydrogens is 705 g/mol. The second-order valence-corrected chi connectivity index (χ2v) is 15.1. The van der Waals surface area contributed by atoms with E-state index in [-0.39, 0.29) is 22.3 Å². The summed E-state index contributed by atoms with van der Waals surface area (Å²) in [4.78, 5) is 47.2. The molecule has 0 aliphatic rings. The van der Waals surface area contributed by atoms with Crippen LogP contribution in [0.15, 0.2) is 42.5 Å². The molecule has 0 spiro atoms. The van der Waals surface area contributed by atoms with Crippen LogP contribution < -0.4 is 0 Å². The van der Waals surface area contributed by atoms with Crippen molar-refractivity contribution in [2.75, 3.05) is 13.2 Å². The van der Waals surface area contributed by atoms with Crippen LogP contribution in [0.3, 0.4) is 0 Å². The molecule has 2 aromatic carbocycles. The molecule has 0 fully saturated rings. The molecule has 0 atom stereocenters. The number of rotatable bonds is 33. The minimum atomic E-state index is -1.18. The first-order chi connectivity index (χ1) is 27.3. The van der Waals surface area contributed by atoms with Gasteiger partial charge in [-0.05, 0) is 49.4 Å². The van der Waals surface area contributed by atoms with Gasteiger partial charge in [0.1, 0.15) is 0 Å². The van der Waals surface area contributed by atoms with Gasteiger partial charge in [0.25, 0.3) is 0 Å². The maximum Gasteiger partial charge on any atom is 0.339 e. The Morgan fingerprint density at radius 1 is 0.411 bits per heavy atom. The van der Waals surface area contributed by atoms with E-state index in [2.05, 4.69) is 13.8 Å². The zero-order valence-corrected chi connectivity index (χ0v) is 35.4. The van der Waals surface area contributed by atoms with Gasteiger partial charge in [-0.3, -0.25) is 0 Å². The quantitative estimate of drug-likeness (QED) is 0.0541. The highest BCUT2D eigenvalue weighted by Gasteiger charge is 2.20. The number of hydrogen-bond acceptors (Lipinski definition) is 6. The van der Waals surface area contributed by atoms with Crippen molar-refractivity contribution >= 4 is 23.9 Å². The molecular formula is C48H76O8. The minimum Gasteiger partial charge on any atom is -0.478 e. The zero-order valence-electron chi connectivity index (χ0n) is 35.4. The molecule has 0 aromatic heterocycles. The SMILES string of the molecule is CCCCCCCCCCCCCCCCc1cccc(C(=O)O)c1C(=O)O.CCCCCCCCCCCCOC(=O)c1ccccc1C(=O)OCCCC. The molecule has 0 saturated carbocycles. The summed E-state index contributed by atoms with van der Waals surface area (Å²) in [6.45, 7) is 7.30. The highest BCUT2D eigenvalue weighted by Crippen LogP contribution is 2.20. The fourth-order valence-corrected chi connectivity index (χ4v) is 6.81. The lowest BCUT2D eigenvalue weighted by Gasteiger charge is -2.09. The van der Waals surface area contributed by atoms with Gasteiger partial charge in [-0.1, -0.05) is 193 Å². The Kier molecular flexibility index (Phi) is 31.1. The van der Waals surface area contributed by atoms with Crippen LogP contribution in [0.4, 0.5) is 0 Å². The van der Waals surface area contributed by atoms with Crippen molar-refractivity contribution in [1.82, 2.24) is 0 Å². The smallest absolute Gasteiger partial charge is 0.339 e. The Hall–Kier alpha value is -3.68. The number of benzene rings is 2. The van der Waals surface area contributed by atoms with Crippen LogP contribution in [0.5, 0.6) is 0 Å². The monoisotopic (exact) mass is 781 g/mol. The van der Waals surface area contributed by atoms with Crippen molar-refractivity contribution in [1.29, 1.82) is 0 Å². The molecule has 0 radical (unpaired) electrons. The molecule has 8 heteroatoms. The van der Waals surface area contributed by atoms with E-state index < -0.39 is 23.9 Å². The van der Waals surface area contributed by atoms with E-state index in [9.17, 15) is 29.4 Å². The summed E-state index contributed by atoms with van der Waals surface area (Å²) in [5.41, 5.74) is 1.04. The van der Waals surface area contributed by atoms with Gasteiger partial charge in [-0.15, -0.1) is 0 Å². The number of carbonyl (C=O) groups is 4. The fourth-order valence-electron chi connectivity index (χ4n) is 6.81. The molecule has 2 rings (SSSR count). The second kappa shape index (κ2) is 34.6. The number of carboxylic acids is 2. The van der Waals surface area contributed by atoms with Gasteiger partial charge in [-0.2, -0.15) is 0 Å². The minimum absolute atomic E-state index is 0.0512. The van der Waals surface area contributed by atoms with Crippen LogP contribution in [0.25, 0.3) is 0 Å². The van der Waals surface area contributed by atoms with Gasteiger partial charge in [0.15, 0.2) is 0 Å². The summed E-state index contributed by atoms with van der Waals surface area (Å²) < 4.78 is 10.6. The number of aromatic carboxylic acids is 2. The van der Waals surface area contributed by atoms with Crippen LogP contribution >= 0.6 is 0 Å². The molecule has 0 aliphatic heterocycles. The van der Waals surface area contributed by atoms with E-state index in [0.717, 1.165) is 44.9 Å². The number of ether oxygens (including phenoxy) is 2. The van der Waals surface area contributed by atoms with Gasteiger partial charge in [0.2, 0.25) is 0 Å². The van der Waals surface area contributed by atoms with Crippen molar-refractivity contribution in [2.24, 2.45) is 0 Å². The predicted octanol–water partition coefficient (Wildman–Crippen LogP) is 13.8. The average molecular weight is 781 g/mol. The summed E-state index contributed by atoms with van der Waals surface area (Å²) in [6.07, 6.45) is 32.7. The predicted molar refractivity (Wildman–Crippen MR) is 228 cm³/mol. The third-order valence-corrected chi connectivity index (χ3v) is 10.2. The summed E-state index contributed by atoms with van der Waals surface area (Å²) in [7, 11) is 0. The standard InChI is InChI=1S/2C24H38O4/c1-3-5-7-8-9-10-11-12-13-16-20-28-24(26)22-18-15-14-17-21(22)23(25)27-19-6-4-2;1-2-3-4-5-6-7-8-9-10-11-12-13-14-15-17-20-18-16-19-21(23(25)26)22(20)24(27)28/h14-15,17-18H,3-13,16,19-20H2,1-2H3;16,18-19H,2-15,17H2,1H3,(H,25,26)(H,27,28). The Morgan fingerprint density at radius 2 is 0.768 bits per heavy atom. The topological polar surface area (TPSA) is 127 Å². The molecule has 0 unspecified atom stereocenters. The molecule has 316 valence electrons. The second-order valence-electron chi connectivity index (χ2n) is 15.1. The van der Waals surface area contributed by atoms with E-state index in [1.807, 2.05) is 6.92 Å². The van der Waals surface area contributed by atoms with Crippen LogP contribution in [-0.4, -0.2) is 47.3 Å². The summed E-state index contributed by atoms with van der Waals surface area (Å²) in [5.74, 6) is -3.24. The maximum atomic E-state index is 12.3. The van der Waals surface area contributed by atoms with Gasteiger partial charge < -0.3 is 19.7 Å². The van der Waals surface area contributed by atoms with E-state index in [4.69, 9.17) is 9.47 Å². The molecule has 0 saturated heterocycles. The average Bonchev–Trinajstić information content (AvgIpc) is 3.20. The first-order valence-electron chi connectivity index (χ1n) is 22.3. The Bertz CT molecular complexity index is 1340. The Balaban J connectivity index is 0.000000560. The van der Waals surface area contributed by atoms with E-state index in [1.54, 1.807) is 36.4 Å². The van der Waals surface area contributed by atoms with Crippen molar-refractivity contribution in [3.63, 3.8) is 0 Å². The molecule has 0 aliphatic carbocycles. The molecule has 0 heterocycles. The van der Waals surface area contributed by atoms with Crippen LogP contribution in [0, 0.1) is 0 Å². The summed E-state index contributed by atoms with van der Waals surface area (Å²) >= 11 is 0. The van der Waals surface area contributed by atoms with Crippen LogP contribution in [0.1, 0.15) is 235 Å². The molecule has 0 bridgehead atoms. The van der Waals surface area contributed by atoms with E-state index in [0.29, 0.717) is 25.2 Å². The number of aryl methyl sites for hydroxylation is 1. The van der Waals surface area contributed by atoms with Crippen LogP contribution in [0.2, 0.25) is 0 Å². The molecule has 0 amide bonds. The number of esters is 2. The van der Waals surface area contributed by atoms with Crippen LogP contribution in [-0.2, 0) is 15.9 Å². The molecule has 2 aromatic rings. The van der Waals surface area contributed by atoms with E-state index >= 15 is 0 Å². The third kappa shape index (κ3) is 24.1. The molecule has 8 nitrogen and oxygen atoms in total. The van der Waals surface area contributed by atoms with Gasteiger partial charge in [0, 0.05) is 0 Å². The summed E-state index contributed by atoms with van der Waals surface area (Å²) in [6, 6.07) is 11.4. The normalized spacial score (nSPS) is 10.8.